The lowest BCUT2D eigenvalue weighted by Crippen LogP contribution is -2.16. The smallest absolute Gasteiger partial charge is 0.234 e. The zero-order valence-corrected chi connectivity index (χ0v) is 8.75. The molecular formula is C8H14ClN3O. The van der Waals surface area contributed by atoms with E-state index in [1.165, 1.54) is 0 Å². The van der Waals surface area contributed by atoms with Crippen molar-refractivity contribution in [1.82, 2.24) is 10.2 Å². The molecule has 0 saturated carbocycles. The molecule has 74 valence electrons. The van der Waals surface area contributed by atoms with Gasteiger partial charge in [0.15, 0.2) is 0 Å². The number of rotatable bonds is 3. The number of hydrogen-bond acceptors (Lipinski definition) is 4. The van der Waals surface area contributed by atoms with Crippen LogP contribution in [0.2, 0.25) is 0 Å². The molecule has 0 bridgehead atoms. The Morgan fingerprint density at radius 2 is 1.77 bits per heavy atom. The van der Waals surface area contributed by atoms with Crippen molar-refractivity contribution in [3.8, 4) is 0 Å². The van der Waals surface area contributed by atoms with Gasteiger partial charge in [0.1, 0.15) is 5.38 Å². The molecule has 0 aliphatic rings. The molecule has 1 aromatic heterocycles. The van der Waals surface area contributed by atoms with E-state index in [9.17, 15) is 0 Å². The van der Waals surface area contributed by atoms with Crippen LogP contribution in [0.25, 0.3) is 0 Å². The standard InChI is InChI=1S/C8H14ClN3O/c1-4(2)6(10)8-12-11-7(13-8)5(3)9/h4-6H,10H2,1-3H3/t5-,6-/m0/s1. The maximum absolute atomic E-state index is 5.81. The molecule has 5 heteroatoms. The average Bonchev–Trinajstić information content (AvgIpc) is 2.50. The fourth-order valence-corrected chi connectivity index (χ4v) is 0.915. The monoisotopic (exact) mass is 203 g/mol. The summed E-state index contributed by atoms with van der Waals surface area (Å²) in [5.41, 5.74) is 5.81. The van der Waals surface area contributed by atoms with Crippen LogP contribution in [0, 0.1) is 5.92 Å². The Balaban J connectivity index is 2.79. The highest BCUT2D eigenvalue weighted by atomic mass is 35.5. The van der Waals surface area contributed by atoms with Gasteiger partial charge in [-0.15, -0.1) is 21.8 Å². The van der Waals surface area contributed by atoms with Gasteiger partial charge in [-0.25, -0.2) is 0 Å². The second-order valence-corrected chi connectivity index (χ2v) is 4.02. The summed E-state index contributed by atoms with van der Waals surface area (Å²) in [4.78, 5) is 0. The summed E-state index contributed by atoms with van der Waals surface area (Å²) in [5.74, 6) is 1.16. The zero-order chi connectivity index (χ0) is 10.0. The average molecular weight is 204 g/mol. The van der Waals surface area contributed by atoms with Crippen LogP contribution in [0.15, 0.2) is 4.42 Å². The minimum atomic E-state index is -0.263. The lowest BCUT2D eigenvalue weighted by atomic mass is 10.1. The van der Waals surface area contributed by atoms with Crippen LogP contribution in [0.4, 0.5) is 0 Å². The van der Waals surface area contributed by atoms with Crippen LogP contribution in [0.3, 0.4) is 0 Å². The van der Waals surface area contributed by atoms with Crippen LogP contribution in [-0.4, -0.2) is 10.2 Å². The third kappa shape index (κ3) is 2.42. The van der Waals surface area contributed by atoms with Gasteiger partial charge in [0.25, 0.3) is 0 Å². The van der Waals surface area contributed by atoms with E-state index in [4.69, 9.17) is 21.8 Å². The molecule has 0 spiro atoms. The summed E-state index contributed by atoms with van der Waals surface area (Å²) < 4.78 is 5.29. The Hall–Kier alpha value is -0.610. The molecule has 0 radical (unpaired) electrons. The Morgan fingerprint density at radius 3 is 2.15 bits per heavy atom. The fourth-order valence-electron chi connectivity index (χ4n) is 0.827. The molecule has 2 atom stereocenters. The van der Waals surface area contributed by atoms with Gasteiger partial charge in [-0.3, -0.25) is 0 Å². The third-order valence-electron chi connectivity index (χ3n) is 1.80. The van der Waals surface area contributed by atoms with Crippen molar-refractivity contribution in [3.05, 3.63) is 11.8 Å². The number of nitrogens with zero attached hydrogens (tertiary/aromatic N) is 2. The van der Waals surface area contributed by atoms with Crippen molar-refractivity contribution in [1.29, 1.82) is 0 Å². The molecule has 0 amide bonds. The van der Waals surface area contributed by atoms with E-state index in [-0.39, 0.29) is 17.3 Å². The molecule has 1 rings (SSSR count). The molecule has 0 saturated heterocycles. The van der Waals surface area contributed by atoms with E-state index >= 15 is 0 Å². The van der Waals surface area contributed by atoms with Gasteiger partial charge in [0, 0.05) is 0 Å². The van der Waals surface area contributed by atoms with Crippen LogP contribution >= 0.6 is 11.6 Å². The minimum Gasteiger partial charge on any atom is -0.422 e. The van der Waals surface area contributed by atoms with Crippen LogP contribution in [0.5, 0.6) is 0 Å². The quantitative estimate of drug-likeness (QED) is 0.764. The van der Waals surface area contributed by atoms with Gasteiger partial charge < -0.3 is 10.2 Å². The first-order chi connectivity index (χ1) is 6.02. The summed E-state index contributed by atoms with van der Waals surface area (Å²) in [6.07, 6.45) is 0. The van der Waals surface area contributed by atoms with E-state index in [0.29, 0.717) is 11.8 Å². The highest BCUT2D eigenvalue weighted by molar-refractivity contribution is 6.20. The summed E-state index contributed by atoms with van der Waals surface area (Å²) in [6.45, 7) is 5.77. The molecule has 0 fully saturated rings. The third-order valence-corrected chi connectivity index (χ3v) is 1.99. The van der Waals surface area contributed by atoms with Gasteiger partial charge in [-0.05, 0) is 12.8 Å². The second kappa shape index (κ2) is 4.07. The molecule has 4 nitrogen and oxygen atoms in total. The first-order valence-electron chi connectivity index (χ1n) is 4.25. The van der Waals surface area contributed by atoms with Crippen LogP contribution in [-0.2, 0) is 0 Å². The molecule has 0 aliphatic heterocycles. The summed E-state index contributed by atoms with van der Waals surface area (Å²) in [6, 6.07) is -0.211. The van der Waals surface area contributed by atoms with E-state index in [0.717, 1.165) is 0 Å². The zero-order valence-electron chi connectivity index (χ0n) is 7.99. The molecule has 13 heavy (non-hydrogen) atoms. The van der Waals surface area contributed by atoms with Gasteiger partial charge >= 0.3 is 0 Å². The van der Waals surface area contributed by atoms with Crippen LogP contribution < -0.4 is 5.73 Å². The molecule has 0 aliphatic carbocycles. The van der Waals surface area contributed by atoms with Crippen molar-refractivity contribution in [3.63, 3.8) is 0 Å². The minimum absolute atomic E-state index is 0.211. The summed E-state index contributed by atoms with van der Waals surface area (Å²) >= 11 is 5.76. The van der Waals surface area contributed by atoms with Crippen molar-refractivity contribution < 1.29 is 4.42 Å². The van der Waals surface area contributed by atoms with Gasteiger partial charge in [-0.1, -0.05) is 13.8 Å². The van der Waals surface area contributed by atoms with Gasteiger partial charge in [0.05, 0.1) is 6.04 Å². The number of aromatic nitrogens is 2. The SMILES string of the molecule is CC(C)[C@H](N)c1nnc([C@H](C)Cl)o1. The first-order valence-corrected chi connectivity index (χ1v) is 4.69. The number of nitrogens with two attached hydrogens (primary N) is 1. The lowest BCUT2D eigenvalue weighted by molar-refractivity contribution is 0.371. The topological polar surface area (TPSA) is 64.9 Å². The number of alkyl halides is 1. The Kier molecular flexibility index (Phi) is 3.27. The Bertz CT molecular complexity index is 272. The van der Waals surface area contributed by atoms with Crippen molar-refractivity contribution in [2.24, 2.45) is 11.7 Å². The summed E-state index contributed by atoms with van der Waals surface area (Å²) in [7, 11) is 0. The predicted octanol–water partition coefficient (Wildman–Crippen LogP) is 2.03. The van der Waals surface area contributed by atoms with Crippen LogP contribution in [0.1, 0.15) is 44.0 Å². The normalized spacial score (nSPS) is 16.2. The molecule has 0 unspecified atom stereocenters. The molecular weight excluding hydrogens is 190 g/mol. The van der Waals surface area contributed by atoms with Crippen molar-refractivity contribution in [2.75, 3.05) is 0 Å². The van der Waals surface area contributed by atoms with Gasteiger partial charge in [0.2, 0.25) is 11.8 Å². The Morgan fingerprint density at radius 1 is 1.23 bits per heavy atom. The molecule has 0 aromatic carbocycles. The maximum Gasteiger partial charge on any atom is 0.234 e. The molecule has 1 aromatic rings. The van der Waals surface area contributed by atoms with Gasteiger partial charge in [-0.2, -0.15) is 0 Å². The Labute approximate surface area is 82.5 Å². The number of halogens is 1. The molecule has 2 N–H and O–H groups in total. The van der Waals surface area contributed by atoms with Crippen molar-refractivity contribution in [2.45, 2.75) is 32.2 Å². The maximum atomic E-state index is 5.81. The van der Waals surface area contributed by atoms with E-state index in [1.54, 1.807) is 6.92 Å². The fraction of sp³-hybridized carbons (Fsp3) is 0.750. The predicted molar refractivity (Wildman–Crippen MR) is 50.3 cm³/mol. The summed E-state index contributed by atoms with van der Waals surface area (Å²) in [5, 5.41) is 7.36. The second-order valence-electron chi connectivity index (χ2n) is 3.36. The largest absolute Gasteiger partial charge is 0.422 e. The lowest BCUT2D eigenvalue weighted by Gasteiger charge is -2.09. The van der Waals surface area contributed by atoms with E-state index in [2.05, 4.69) is 10.2 Å². The molecule has 1 heterocycles. The number of hydrogen-bond donors (Lipinski definition) is 1. The highest BCUT2D eigenvalue weighted by Crippen LogP contribution is 2.22. The van der Waals surface area contributed by atoms with Crippen molar-refractivity contribution >= 4 is 11.6 Å². The highest BCUT2D eigenvalue weighted by Gasteiger charge is 2.19. The first kappa shape index (κ1) is 10.5. The van der Waals surface area contributed by atoms with E-state index < -0.39 is 0 Å². The van der Waals surface area contributed by atoms with E-state index in [1.807, 2.05) is 13.8 Å².